The lowest BCUT2D eigenvalue weighted by molar-refractivity contribution is 0.189. The molecule has 2 aromatic carbocycles. The van der Waals surface area contributed by atoms with E-state index in [0.29, 0.717) is 21.7 Å². The highest BCUT2D eigenvalue weighted by Gasteiger charge is 2.16. The van der Waals surface area contributed by atoms with Gasteiger partial charge in [0.2, 0.25) is 0 Å². The Balaban J connectivity index is 2.00. The highest BCUT2D eigenvalue weighted by molar-refractivity contribution is 9.10. The van der Waals surface area contributed by atoms with E-state index in [1.165, 1.54) is 12.1 Å². The zero-order valence-corrected chi connectivity index (χ0v) is 13.9. The molecule has 5 heteroatoms. The molecule has 0 aromatic heterocycles. The average Bonchev–Trinajstić information content (AvgIpc) is 2.41. The maximum absolute atomic E-state index is 13.1. The van der Waals surface area contributed by atoms with Crippen LogP contribution in [0.4, 0.5) is 4.39 Å². The highest BCUT2D eigenvalue weighted by atomic mass is 79.9. The summed E-state index contributed by atoms with van der Waals surface area (Å²) < 4.78 is 19.6. The van der Waals surface area contributed by atoms with E-state index >= 15 is 0 Å². The van der Waals surface area contributed by atoms with Crippen LogP contribution >= 0.6 is 27.5 Å². The van der Waals surface area contributed by atoms with Gasteiger partial charge in [-0.3, -0.25) is 0 Å². The summed E-state index contributed by atoms with van der Waals surface area (Å²) in [5, 5.41) is 0.620. The number of halogens is 3. The Morgan fingerprint density at radius 2 is 2.05 bits per heavy atom. The van der Waals surface area contributed by atoms with Crippen LogP contribution < -0.4 is 10.5 Å². The van der Waals surface area contributed by atoms with E-state index in [0.717, 1.165) is 5.56 Å². The third-order valence-corrected chi connectivity index (χ3v) is 4.17. The average molecular weight is 373 g/mol. The first-order valence-electron chi connectivity index (χ1n) is 6.57. The Labute approximate surface area is 137 Å². The van der Waals surface area contributed by atoms with Gasteiger partial charge in [-0.1, -0.05) is 39.7 Å². The monoisotopic (exact) mass is 371 g/mol. The Hall–Kier alpha value is -1.10. The minimum Gasteiger partial charge on any atom is -0.489 e. The van der Waals surface area contributed by atoms with Crippen LogP contribution in [0.25, 0.3) is 0 Å². The minimum atomic E-state index is -0.276. The molecule has 0 aliphatic heterocycles. The van der Waals surface area contributed by atoms with Crippen molar-refractivity contribution in [1.82, 2.24) is 0 Å². The Kier molecular flexibility index (Phi) is 5.62. The number of rotatable bonds is 5. The molecule has 0 aliphatic carbocycles. The summed E-state index contributed by atoms with van der Waals surface area (Å²) in [4.78, 5) is 0. The molecular formula is C16H16BrClFNO. The predicted octanol–water partition coefficient (Wildman–Crippen LogP) is 4.58. The van der Waals surface area contributed by atoms with Gasteiger partial charge in [0.15, 0.2) is 0 Å². The molecule has 0 spiro atoms. The normalized spacial score (nSPS) is 13.8. The highest BCUT2D eigenvalue weighted by Crippen LogP contribution is 2.22. The molecule has 2 aromatic rings. The van der Waals surface area contributed by atoms with Crippen LogP contribution in [0.5, 0.6) is 5.75 Å². The molecule has 112 valence electrons. The number of hydrogen-bond donors (Lipinski definition) is 1. The second-order valence-corrected chi connectivity index (χ2v) is 6.17. The van der Waals surface area contributed by atoms with Crippen molar-refractivity contribution in [2.75, 3.05) is 0 Å². The molecule has 21 heavy (non-hydrogen) atoms. The van der Waals surface area contributed by atoms with Crippen molar-refractivity contribution in [2.24, 2.45) is 5.73 Å². The first kappa shape index (κ1) is 16.3. The van der Waals surface area contributed by atoms with Crippen molar-refractivity contribution in [3.63, 3.8) is 0 Å². The van der Waals surface area contributed by atoms with Gasteiger partial charge in [0.05, 0.1) is 0 Å². The molecule has 0 saturated carbocycles. The molecule has 2 N–H and O–H groups in total. The van der Waals surface area contributed by atoms with Gasteiger partial charge >= 0.3 is 0 Å². The maximum Gasteiger partial charge on any atom is 0.124 e. The minimum absolute atomic E-state index is 0.194. The molecule has 2 atom stereocenters. The van der Waals surface area contributed by atoms with Crippen molar-refractivity contribution < 1.29 is 9.13 Å². The predicted molar refractivity (Wildman–Crippen MR) is 87.3 cm³/mol. The van der Waals surface area contributed by atoms with Gasteiger partial charge in [0.25, 0.3) is 0 Å². The van der Waals surface area contributed by atoms with Gasteiger partial charge in [-0.2, -0.15) is 0 Å². The van der Waals surface area contributed by atoms with Crippen molar-refractivity contribution in [2.45, 2.75) is 25.5 Å². The summed E-state index contributed by atoms with van der Waals surface area (Å²) in [5.74, 6) is 0.408. The second-order valence-electron chi connectivity index (χ2n) is 4.88. The lowest BCUT2D eigenvalue weighted by Crippen LogP contribution is -2.38. The van der Waals surface area contributed by atoms with Gasteiger partial charge in [-0.25, -0.2) is 4.39 Å². The maximum atomic E-state index is 13.1. The summed E-state index contributed by atoms with van der Waals surface area (Å²) in [5.41, 5.74) is 7.12. The van der Waals surface area contributed by atoms with E-state index in [9.17, 15) is 4.39 Å². The van der Waals surface area contributed by atoms with Gasteiger partial charge in [-0.05, 0) is 49.2 Å². The fraction of sp³-hybridized carbons (Fsp3) is 0.250. The first-order chi connectivity index (χ1) is 9.95. The summed E-state index contributed by atoms with van der Waals surface area (Å²) in [6.07, 6.45) is 0.392. The summed E-state index contributed by atoms with van der Waals surface area (Å²) in [6.45, 7) is 1.91. The smallest absolute Gasteiger partial charge is 0.124 e. The number of hydrogen-bond acceptors (Lipinski definition) is 2. The zero-order valence-electron chi connectivity index (χ0n) is 11.5. The SMILES string of the molecule is CC(Oc1cccc(Cl)c1)C(N)Cc1ccc(F)cc1Br. The third-order valence-electron chi connectivity index (χ3n) is 3.19. The molecule has 0 heterocycles. The summed E-state index contributed by atoms with van der Waals surface area (Å²) in [7, 11) is 0. The van der Waals surface area contributed by atoms with Crippen LogP contribution in [-0.4, -0.2) is 12.1 Å². The van der Waals surface area contributed by atoms with Crippen molar-refractivity contribution in [3.05, 3.63) is 63.3 Å². The molecule has 0 amide bonds. The molecule has 0 bridgehead atoms. The van der Waals surface area contributed by atoms with E-state index in [1.54, 1.807) is 18.2 Å². The van der Waals surface area contributed by atoms with Gasteiger partial charge in [0, 0.05) is 15.5 Å². The van der Waals surface area contributed by atoms with Gasteiger partial charge in [-0.15, -0.1) is 0 Å². The van der Waals surface area contributed by atoms with Crippen LogP contribution in [0, 0.1) is 5.82 Å². The van der Waals surface area contributed by atoms with E-state index in [1.807, 2.05) is 19.1 Å². The largest absolute Gasteiger partial charge is 0.489 e. The fourth-order valence-electron chi connectivity index (χ4n) is 1.95. The molecule has 0 radical (unpaired) electrons. The Bertz CT molecular complexity index is 623. The summed E-state index contributed by atoms with van der Waals surface area (Å²) >= 11 is 9.27. The topological polar surface area (TPSA) is 35.2 Å². The molecule has 2 unspecified atom stereocenters. The molecule has 2 rings (SSSR count). The Morgan fingerprint density at radius 3 is 2.71 bits per heavy atom. The van der Waals surface area contributed by atoms with Crippen LogP contribution in [0.2, 0.25) is 5.02 Å². The van der Waals surface area contributed by atoms with Crippen molar-refractivity contribution in [3.8, 4) is 5.75 Å². The van der Waals surface area contributed by atoms with Crippen LogP contribution in [0.15, 0.2) is 46.9 Å². The summed E-state index contributed by atoms with van der Waals surface area (Å²) in [6, 6.07) is 11.6. The standard InChI is InChI=1S/C16H16BrClFNO/c1-10(21-14-4-2-3-12(18)8-14)16(20)7-11-5-6-13(19)9-15(11)17/h2-6,8-10,16H,7,20H2,1H3. The van der Waals surface area contributed by atoms with E-state index < -0.39 is 0 Å². The zero-order chi connectivity index (χ0) is 15.4. The number of nitrogens with two attached hydrogens (primary N) is 1. The van der Waals surface area contributed by atoms with Crippen LogP contribution in [-0.2, 0) is 6.42 Å². The van der Waals surface area contributed by atoms with Gasteiger partial charge in [0.1, 0.15) is 17.7 Å². The Morgan fingerprint density at radius 1 is 1.29 bits per heavy atom. The van der Waals surface area contributed by atoms with Crippen LogP contribution in [0.3, 0.4) is 0 Å². The third kappa shape index (κ3) is 4.70. The van der Waals surface area contributed by atoms with Crippen molar-refractivity contribution >= 4 is 27.5 Å². The van der Waals surface area contributed by atoms with Crippen LogP contribution in [0.1, 0.15) is 12.5 Å². The van der Waals surface area contributed by atoms with E-state index in [4.69, 9.17) is 22.1 Å². The van der Waals surface area contributed by atoms with E-state index in [2.05, 4.69) is 15.9 Å². The fourth-order valence-corrected chi connectivity index (χ4v) is 2.64. The lowest BCUT2D eigenvalue weighted by atomic mass is 10.0. The molecule has 0 aliphatic rings. The number of benzene rings is 2. The van der Waals surface area contributed by atoms with Crippen molar-refractivity contribution in [1.29, 1.82) is 0 Å². The number of ether oxygens (including phenoxy) is 1. The van der Waals surface area contributed by atoms with E-state index in [-0.39, 0.29) is 18.0 Å². The molecule has 2 nitrogen and oxygen atoms in total. The van der Waals surface area contributed by atoms with Gasteiger partial charge < -0.3 is 10.5 Å². The molecule has 0 saturated heterocycles. The second kappa shape index (κ2) is 7.25. The lowest BCUT2D eigenvalue weighted by Gasteiger charge is -2.22. The molecule has 0 fully saturated rings. The quantitative estimate of drug-likeness (QED) is 0.834. The molecular weight excluding hydrogens is 357 g/mol. The first-order valence-corrected chi connectivity index (χ1v) is 7.74.